The lowest BCUT2D eigenvalue weighted by Crippen LogP contribution is -2.25. The van der Waals surface area contributed by atoms with E-state index in [9.17, 15) is 21.6 Å². The zero-order chi connectivity index (χ0) is 18.1. The molecule has 0 saturated heterocycles. The zero-order valence-corrected chi connectivity index (χ0v) is 13.6. The molecule has 6 nitrogen and oxygen atoms in total. The normalized spacial score (nSPS) is 13.6. The summed E-state index contributed by atoms with van der Waals surface area (Å²) in [6, 6.07) is 6.15. The number of aromatic nitrogens is 2. The number of primary sulfonamides is 1. The van der Waals surface area contributed by atoms with Gasteiger partial charge in [-0.1, -0.05) is 12.1 Å². The quantitative estimate of drug-likeness (QED) is 0.904. The van der Waals surface area contributed by atoms with E-state index in [4.69, 9.17) is 5.14 Å². The fourth-order valence-electron chi connectivity index (χ4n) is 2.01. The van der Waals surface area contributed by atoms with Gasteiger partial charge in [0.05, 0.1) is 10.9 Å². The maximum absolute atomic E-state index is 12.7. The van der Waals surface area contributed by atoms with Crippen molar-refractivity contribution >= 4 is 16.0 Å². The van der Waals surface area contributed by atoms with Crippen LogP contribution < -0.4 is 10.0 Å². The predicted octanol–water partition coefficient (Wildman–Crippen LogP) is 2.34. The molecule has 0 aliphatic rings. The van der Waals surface area contributed by atoms with Gasteiger partial charge in [-0.15, -0.1) is 0 Å². The Kier molecular flexibility index (Phi) is 4.81. The Labute approximate surface area is 137 Å². The Morgan fingerprint density at radius 2 is 1.75 bits per heavy atom. The lowest BCUT2D eigenvalue weighted by Gasteiger charge is -2.25. The van der Waals surface area contributed by atoms with Crippen LogP contribution in [0.15, 0.2) is 41.4 Å². The Bertz CT molecular complexity index is 823. The molecule has 0 radical (unpaired) electrons. The number of anilines is 1. The van der Waals surface area contributed by atoms with Crippen molar-refractivity contribution in [3.8, 4) is 0 Å². The Morgan fingerprint density at radius 1 is 1.17 bits per heavy atom. The summed E-state index contributed by atoms with van der Waals surface area (Å²) in [6.45, 7) is 1.73. The van der Waals surface area contributed by atoms with Crippen molar-refractivity contribution in [1.29, 1.82) is 0 Å². The van der Waals surface area contributed by atoms with Crippen molar-refractivity contribution in [1.82, 2.24) is 9.97 Å². The number of benzene rings is 1. The van der Waals surface area contributed by atoms with E-state index in [-0.39, 0.29) is 16.9 Å². The molecule has 0 bridgehead atoms. The first-order valence-corrected chi connectivity index (χ1v) is 8.30. The third-order valence-corrected chi connectivity index (χ3v) is 4.45. The summed E-state index contributed by atoms with van der Waals surface area (Å²) in [5, 5.41) is 5.03. The zero-order valence-electron chi connectivity index (χ0n) is 12.8. The van der Waals surface area contributed by atoms with Gasteiger partial charge in [0, 0.05) is 13.2 Å². The van der Waals surface area contributed by atoms with Crippen molar-refractivity contribution < 1.29 is 21.6 Å². The molecule has 24 heavy (non-hydrogen) atoms. The fourth-order valence-corrected chi connectivity index (χ4v) is 2.52. The highest BCUT2D eigenvalue weighted by atomic mass is 32.2. The highest BCUT2D eigenvalue weighted by Crippen LogP contribution is 2.29. The van der Waals surface area contributed by atoms with E-state index in [2.05, 4.69) is 9.97 Å². The van der Waals surface area contributed by atoms with Crippen LogP contribution in [0.2, 0.25) is 0 Å². The van der Waals surface area contributed by atoms with Gasteiger partial charge < -0.3 is 4.90 Å². The Balaban J connectivity index is 2.28. The molecule has 0 fully saturated rings. The van der Waals surface area contributed by atoms with Gasteiger partial charge in [0.25, 0.3) is 0 Å². The molecular weight excluding hydrogens is 345 g/mol. The van der Waals surface area contributed by atoms with Crippen LogP contribution in [-0.4, -0.2) is 25.4 Å². The van der Waals surface area contributed by atoms with Gasteiger partial charge in [0.2, 0.25) is 16.0 Å². The van der Waals surface area contributed by atoms with Crippen LogP contribution in [0.1, 0.15) is 24.2 Å². The van der Waals surface area contributed by atoms with E-state index in [0.717, 1.165) is 12.3 Å². The largest absolute Gasteiger partial charge is 0.433 e. The van der Waals surface area contributed by atoms with Crippen LogP contribution in [-0.2, 0) is 16.2 Å². The van der Waals surface area contributed by atoms with Crippen LogP contribution in [0.3, 0.4) is 0 Å². The number of halogens is 3. The maximum Gasteiger partial charge on any atom is 0.433 e. The van der Waals surface area contributed by atoms with E-state index in [0.29, 0.717) is 5.56 Å². The molecule has 0 saturated carbocycles. The smallest absolute Gasteiger partial charge is 0.337 e. The van der Waals surface area contributed by atoms with Crippen LogP contribution in [0.25, 0.3) is 0 Å². The van der Waals surface area contributed by atoms with Gasteiger partial charge >= 0.3 is 6.18 Å². The summed E-state index contributed by atoms with van der Waals surface area (Å²) in [4.78, 5) is 8.79. The highest BCUT2D eigenvalue weighted by Gasteiger charge is 2.33. The van der Waals surface area contributed by atoms with Gasteiger partial charge in [-0.05, 0) is 30.7 Å². The van der Waals surface area contributed by atoms with Crippen LogP contribution in [0.4, 0.5) is 19.1 Å². The summed E-state index contributed by atoms with van der Waals surface area (Å²) in [6.07, 6.45) is -3.52. The van der Waals surface area contributed by atoms with E-state index < -0.39 is 21.9 Å². The standard InChI is InChI=1S/C14H15F3N4O2S/c1-9(10-3-5-11(6-4-10)24(18,22)23)21(2)13-19-8-7-12(20-13)14(15,16)17/h3-9H,1-2H3,(H2,18,22,23)/t9-/m0/s1. The lowest BCUT2D eigenvalue weighted by atomic mass is 10.1. The number of hydrogen-bond acceptors (Lipinski definition) is 5. The molecule has 2 aromatic rings. The average molecular weight is 360 g/mol. The van der Waals surface area contributed by atoms with Crippen LogP contribution in [0, 0.1) is 0 Å². The Hall–Kier alpha value is -2.20. The molecule has 0 spiro atoms. The van der Waals surface area contributed by atoms with E-state index in [1.807, 2.05) is 0 Å². The molecule has 0 amide bonds. The first-order chi connectivity index (χ1) is 11.0. The van der Waals surface area contributed by atoms with E-state index in [1.54, 1.807) is 14.0 Å². The molecular formula is C14H15F3N4O2S. The first-order valence-electron chi connectivity index (χ1n) is 6.76. The Morgan fingerprint density at radius 3 is 2.25 bits per heavy atom. The molecule has 10 heteroatoms. The fraction of sp³-hybridized carbons (Fsp3) is 0.286. The molecule has 1 atom stereocenters. The number of rotatable bonds is 4. The lowest BCUT2D eigenvalue weighted by molar-refractivity contribution is -0.141. The minimum atomic E-state index is -4.56. The number of alkyl halides is 3. The van der Waals surface area contributed by atoms with Crippen molar-refractivity contribution in [2.45, 2.75) is 24.0 Å². The highest BCUT2D eigenvalue weighted by molar-refractivity contribution is 7.89. The number of hydrogen-bond donors (Lipinski definition) is 1. The van der Waals surface area contributed by atoms with Crippen LogP contribution in [0.5, 0.6) is 0 Å². The summed E-state index contributed by atoms with van der Waals surface area (Å²) in [5.41, 5.74) is -0.359. The molecule has 2 N–H and O–H groups in total. The molecule has 0 aliphatic heterocycles. The van der Waals surface area contributed by atoms with Gasteiger partial charge in [0.15, 0.2) is 0 Å². The molecule has 0 unspecified atom stereocenters. The van der Waals surface area contributed by atoms with Crippen molar-refractivity contribution in [2.24, 2.45) is 5.14 Å². The van der Waals surface area contributed by atoms with Gasteiger partial charge in [-0.3, -0.25) is 0 Å². The van der Waals surface area contributed by atoms with Crippen molar-refractivity contribution in [2.75, 3.05) is 11.9 Å². The minimum Gasteiger partial charge on any atom is -0.337 e. The third kappa shape index (κ3) is 4.01. The molecule has 2 rings (SSSR count). The second-order valence-electron chi connectivity index (χ2n) is 5.14. The number of sulfonamides is 1. The third-order valence-electron chi connectivity index (χ3n) is 3.52. The van der Waals surface area contributed by atoms with Gasteiger partial charge in [-0.25, -0.2) is 23.5 Å². The molecule has 130 valence electrons. The average Bonchev–Trinajstić information content (AvgIpc) is 2.52. The SMILES string of the molecule is C[C@@H](c1ccc(S(N)(=O)=O)cc1)N(C)c1nccc(C(F)(F)F)n1. The van der Waals surface area contributed by atoms with Gasteiger partial charge in [-0.2, -0.15) is 13.2 Å². The minimum absolute atomic E-state index is 0.0450. The summed E-state index contributed by atoms with van der Waals surface area (Å²) in [7, 11) is -2.25. The second-order valence-corrected chi connectivity index (χ2v) is 6.70. The molecule has 1 heterocycles. The van der Waals surface area contributed by atoms with Crippen LogP contribution >= 0.6 is 0 Å². The number of nitrogens with zero attached hydrogens (tertiary/aromatic N) is 3. The summed E-state index contributed by atoms with van der Waals surface area (Å²) in [5.74, 6) is -0.0900. The molecule has 0 aliphatic carbocycles. The first kappa shape index (κ1) is 18.1. The summed E-state index contributed by atoms with van der Waals surface area (Å²) < 4.78 is 60.7. The van der Waals surface area contributed by atoms with Gasteiger partial charge in [0.1, 0.15) is 5.69 Å². The molecule has 1 aromatic carbocycles. The van der Waals surface area contributed by atoms with E-state index in [1.165, 1.54) is 29.2 Å². The van der Waals surface area contributed by atoms with E-state index >= 15 is 0 Å². The number of nitrogens with two attached hydrogens (primary N) is 1. The maximum atomic E-state index is 12.7. The predicted molar refractivity (Wildman–Crippen MR) is 81.7 cm³/mol. The monoisotopic (exact) mass is 360 g/mol. The van der Waals surface area contributed by atoms with Crippen molar-refractivity contribution in [3.05, 3.63) is 47.8 Å². The topological polar surface area (TPSA) is 89.2 Å². The molecule has 1 aromatic heterocycles. The van der Waals surface area contributed by atoms with Crippen molar-refractivity contribution in [3.63, 3.8) is 0 Å². The summed E-state index contributed by atoms with van der Waals surface area (Å²) >= 11 is 0. The second kappa shape index (κ2) is 6.36.